The van der Waals surface area contributed by atoms with Crippen LogP contribution in [0, 0.1) is 34.5 Å². The van der Waals surface area contributed by atoms with Crippen molar-refractivity contribution in [1.82, 2.24) is 15.0 Å². The summed E-state index contributed by atoms with van der Waals surface area (Å²) < 4.78 is 18.3. The first-order valence-electron chi connectivity index (χ1n) is 16.4. The second-order valence-electron chi connectivity index (χ2n) is 14.9. The first-order chi connectivity index (χ1) is 21.0. The van der Waals surface area contributed by atoms with Crippen LogP contribution in [0.4, 0.5) is 0 Å². The fourth-order valence-corrected chi connectivity index (χ4v) is 10.6. The number of rotatable bonds is 6. The lowest BCUT2D eigenvalue weighted by Gasteiger charge is -2.63. The van der Waals surface area contributed by atoms with E-state index in [9.17, 15) is 30.3 Å². The molecule has 0 unspecified atom stereocenters. The number of cyclic esters (lactones) is 1. The van der Waals surface area contributed by atoms with Gasteiger partial charge >= 0.3 is 5.97 Å². The first kappa shape index (κ1) is 30.7. The molecule has 1 saturated heterocycles. The third-order valence-electron chi connectivity index (χ3n) is 13.1. The van der Waals surface area contributed by atoms with E-state index >= 15 is 0 Å². The van der Waals surface area contributed by atoms with Gasteiger partial charge in [0.15, 0.2) is 6.29 Å². The summed E-state index contributed by atoms with van der Waals surface area (Å²) in [5.74, 6) is 1.20. The molecular weight excluding hydrogens is 570 g/mol. The lowest BCUT2D eigenvalue weighted by Crippen LogP contribution is -2.62. The summed E-state index contributed by atoms with van der Waals surface area (Å²) in [4.78, 5) is 11.8. The number of esters is 1. The number of nitrogens with zero attached hydrogens (tertiary/aromatic N) is 3. The Morgan fingerprint density at radius 1 is 1.02 bits per heavy atom. The van der Waals surface area contributed by atoms with Gasteiger partial charge < -0.3 is 39.7 Å². The Kier molecular flexibility index (Phi) is 7.75. The Morgan fingerprint density at radius 2 is 1.84 bits per heavy atom. The average molecular weight is 618 g/mol. The number of carbonyl (C=O) groups is 1. The molecule has 4 saturated carbocycles. The zero-order chi connectivity index (χ0) is 31.0. The van der Waals surface area contributed by atoms with Crippen LogP contribution in [0.3, 0.4) is 0 Å². The van der Waals surface area contributed by atoms with Crippen LogP contribution in [0.1, 0.15) is 83.4 Å². The molecule has 5 N–H and O–H groups in total. The van der Waals surface area contributed by atoms with Crippen LogP contribution < -0.4 is 0 Å². The van der Waals surface area contributed by atoms with Crippen molar-refractivity contribution in [3.05, 3.63) is 23.5 Å². The lowest BCUT2D eigenvalue weighted by atomic mass is 9.43. The van der Waals surface area contributed by atoms with Gasteiger partial charge in [-0.3, -0.25) is 0 Å². The van der Waals surface area contributed by atoms with Gasteiger partial charge in [-0.1, -0.05) is 19.1 Å². The predicted octanol–water partition coefficient (Wildman–Crippen LogP) is 1.39. The van der Waals surface area contributed by atoms with Gasteiger partial charge in [0.05, 0.1) is 31.1 Å². The molecule has 12 heteroatoms. The molecule has 5 fully saturated rings. The van der Waals surface area contributed by atoms with Gasteiger partial charge in [0.25, 0.3) is 0 Å². The van der Waals surface area contributed by atoms with E-state index in [1.807, 2.05) is 10.9 Å². The zero-order valence-electron chi connectivity index (χ0n) is 25.6. The van der Waals surface area contributed by atoms with E-state index < -0.39 is 42.9 Å². The molecule has 0 bridgehead atoms. The van der Waals surface area contributed by atoms with E-state index in [0.29, 0.717) is 24.1 Å². The van der Waals surface area contributed by atoms with Crippen molar-refractivity contribution in [1.29, 1.82) is 0 Å². The molecule has 6 aliphatic rings. The maximum Gasteiger partial charge on any atom is 0.331 e. The molecule has 4 aliphatic carbocycles. The largest absolute Gasteiger partial charge is 0.458 e. The molecule has 7 rings (SSSR count). The monoisotopic (exact) mass is 617 g/mol. The highest BCUT2D eigenvalue weighted by atomic mass is 16.7. The molecule has 12 nitrogen and oxygen atoms in total. The SMILES string of the molecule is C[C@]12CC[C@H](n3cc(CO[C@@H]4O[C@H](CO)[C@@H](O)[C@H](O)[C@H]4O)nn3)C[C@H]1CC[C@@H]1[C@@H]2CC[C@]2(C)[C@@H](C3=CC(=O)OC3)CC[C@]12O. The van der Waals surface area contributed by atoms with E-state index in [1.165, 1.54) is 0 Å². The topological polar surface area (TPSA) is 177 Å². The van der Waals surface area contributed by atoms with E-state index in [0.717, 1.165) is 63.4 Å². The maximum absolute atomic E-state index is 12.5. The molecule has 0 aromatic carbocycles. The van der Waals surface area contributed by atoms with Gasteiger partial charge in [-0.15, -0.1) is 5.10 Å². The summed E-state index contributed by atoms with van der Waals surface area (Å²) in [5, 5.41) is 60.9. The fourth-order valence-electron chi connectivity index (χ4n) is 10.6. The highest BCUT2D eigenvalue weighted by Gasteiger charge is 2.67. The molecule has 0 radical (unpaired) electrons. The van der Waals surface area contributed by atoms with Crippen LogP contribution in [0.15, 0.2) is 17.8 Å². The van der Waals surface area contributed by atoms with Crippen LogP contribution in [-0.2, 0) is 25.6 Å². The summed E-state index contributed by atoms with van der Waals surface area (Å²) in [6, 6.07) is 0.206. The van der Waals surface area contributed by atoms with Gasteiger partial charge in [-0.2, -0.15) is 0 Å². The van der Waals surface area contributed by atoms with Gasteiger partial charge in [-0.05, 0) is 92.4 Å². The van der Waals surface area contributed by atoms with Crippen LogP contribution in [0.25, 0.3) is 0 Å². The van der Waals surface area contributed by atoms with Crippen molar-refractivity contribution in [2.45, 2.75) is 121 Å². The summed E-state index contributed by atoms with van der Waals surface area (Å²) in [6.45, 7) is 4.57. The average Bonchev–Trinajstić information content (AvgIpc) is 3.72. The zero-order valence-corrected chi connectivity index (χ0v) is 25.6. The quantitative estimate of drug-likeness (QED) is 0.292. The minimum absolute atomic E-state index is 0.00413. The fraction of sp³-hybridized carbons (Fsp3) is 0.844. The van der Waals surface area contributed by atoms with Crippen molar-refractivity contribution in [3.8, 4) is 0 Å². The Morgan fingerprint density at radius 3 is 2.59 bits per heavy atom. The second-order valence-corrected chi connectivity index (χ2v) is 14.9. The predicted molar refractivity (Wildman–Crippen MR) is 153 cm³/mol. The van der Waals surface area contributed by atoms with E-state index in [2.05, 4.69) is 24.2 Å². The molecule has 3 heterocycles. The molecule has 244 valence electrons. The van der Waals surface area contributed by atoms with Gasteiger partial charge in [-0.25, -0.2) is 9.48 Å². The van der Waals surface area contributed by atoms with Gasteiger partial charge in [0, 0.05) is 11.5 Å². The van der Waals surface area contributed by atoms with Crippen molar-refractivity contribution in [2.24, 2.45) is 34.5 Å². The molecular formula is C32H47N3O9. The second kappa shape index (κ2) is 11.1. The summed E-state index contributed by atoms with van der Waals surface area (Å²) in [6.07, 6.45) is 5.79. The van der Waals surface area contributed by atoms with Crippen LogP contribution in [-0.4, -0.2) is 96.0 Å². The summed E-state index contributed by atoms with van der Waals surface area (Å²) >= 11 is 0. The standard InChI is InChI=1S/C32H47N3O9/c1-30-8-5-20(35-13-19(33-34-35)16-43-29-28(40)27(39)26(38)24(14-36)44-29)12-18(30)3-4-23-22(30)6-9-31(2)21(7-10-32(23,31)41)17-11-25(37)42-15-17/h11,13,18,20-24,26-29,36,38-41H,3-10,12,14-16H2,1-2H3/t18-,20+,21-,22+,23-,24-,26-,27+,28-,29-,30+,31-,32+/m1/s1. The highest BCUT2D eigenvalue weighted by Crippen LogP contribution is 2.70. The molecule has 0 spiro atoms. The van der Waals surface area contributed by atoms with E-state index in [1.54, 1.807) is 6.08 Å². The molecule has 13 atom stereocenters. The number of carbonyl (C=O) groups excluding carboxylic acids is 1. The summed E-state index contributed by atoms with van der Waals surface area (Å²) in [5.41, 5.74) is 0.824. The number of hydrogen-bond acceptors (Lipinski definition) is 11. The van der Waals surface area contributed by atoms with Crippen LogP contribution in [0.2, 0.25) is 0 Å². The van der Waals surface area contributed by atoms with Crippen molar-refractivity contribution < 1.29 is 44.5 Å². The molecule has 1 aromatic rings. The third-order valence-corrected chi connectivity index (χ3v) is 13.1. The molecule has 44 heavy (non-hydrogen) atoms. The van der Waals surface area contributed by atoms with E-state index in [4.69, 9.17) is 14.2 Å². The number of fused-ring (bicyclic) bond motifs is 5. The first-order valence-corrected chi connectivity index (χ1v) is 16.4. The Bertz CT molecular complexity index is 1290. The van der Waals surface area contributed by atoms with Crippen molar-refractivity contribution in [3.63, 3.8) is 0 Å². The maximum atomic E-state index is 12.5. The number of ether oxygens (including phenoxy) is 3. The highest BCUT2D eigenvalue weighted by molar-refractivity contribution is 5.85. The van der Waals surface area contributed by atoms with Gasteiger partial charge in [0.2, 0.25) is 0 Å². The van der Waals surface area contributed by atoms with Gasteiger partial charge in [0.1, 0.15) is 36.7 Å². The lowest BCUT2D eigenvalue weighted by molar-refractivity contribution is -0.304. The summed E-state index contributed by atoms with van der Waals surface area (Å²) in [7, 11) is 0. The Labute approximate surface area is 257 Å². The minimum Gasteiger partial charge on any atom is -0.458 e. The number of aliphatic hydroxyl groups excluding tert-OH is 4. The Hall–Kier alpha value is -1.93. The smallest absolute Gasteiger partial charge is 0.331 e. The van der Waals surface area contributed by atoms with E-state index in [-0.39, 0.29) is 41.3 Å². The normalized spacial score (nSPS) is 48.7. The third kappa shape index (κ3) is 4.62. The molecule has 0 amide bonds. The molecule has 2 aliphatic heterocycles. The van der Waals surface area contributed by atoms with Crippen molar-refractivity contribution >= 4 is 5.97 Å². The number of aliphatic hydroxyl groups is 5. The van der Waals surface area contributed by atoms with Crippen molar-refractivity contribution in [2.75, 3.05) is 13.2 Å². The van der Waals surface area contributed by atoms with Crippen LogP contribution in [0.5, 0.6) is 0 Å². The minimum atomic E-state index is -1.49. The number of hydrogen-bond donors (Lipinski definition) is 5. The number of aromatic nitrogens is 3. The Balaban J connectivity index is 0.999. The van der Waals surface area contributed by atoms with Crippen LogP contribution >= 0.6 is 0 Å². The molecule has 1 aromatic heterocycles.